The second-order valence-electron chi connectivity index (χ2n) is 3.99. The molecule has 1 atom stereocenters. The van der Waals surface area contributed by atoms with E-state index in [2.05, 4.69) is 0 Å². The van der Waals surface area contributed by atoms with Gasteiger partial charge in [0.1, 0.15) is 6.10 Å². The van der Waals surface area contributed by atoms with Crippen molar-refractivity contribution in [1.29, 1.82) is 0 Å². The fourth-order valence-electron chi connectivity index (χ4n) is 1.46. The fraction of sp³-hybridized carbons (Fsp3) is 0.462. The van der Waals surface area contributed by atoms with E-state index >= 15 is 0 Å². The summed E-state index contributed by atoms with van der Waals surface area (Å²) in [6.07, 6.45) is 0.00592. The van der Waals surface area contributed by atoms with E-state index in [0.717, 1.165) is 5.56 Å². The molecule has 1 rings (SSSR count). The molecule has 15 heavy (non-hydrogen) atoms. The summed E-state index contributed by atoms with van der Waals surface area (Å²) in [7, 11) is 0. The Morgan fingerprint density at radius 2 is 2.00 bits per heavy atom. The molecule has 0 spiro atoms. The van der Waals surface area contributed by atoms with Crippen LogP contribution in [0.5, 0.6) is 0 Å². The summed E-state index contributed by atoms with van der Waals surface area (Å²) in [6, 6.07) is 5.97. The monoisotopic (exact) mass is 206 g/mol. The summed E-state index contributed by atoms with van der Waals surface area (Å²) < 4.78 is 0. The van der Waals surface area contributed by atoms with E-state index in [1.54, 1.807) is 0 Å². The van der Waals surface area contributed by atoms with Crippen LogP contribution in [0.3, 0.4) is 0 Å². The molecule has 0 amide bonds. The van der Waals surface area contributed by atoms with Crippen LogP contribution in [0.25, 0.3) is 0 Å². The molecule has 0 heterocycles. The van der Waals surface area contributed by atoms with Gasteiger partial charge < -0.3 is 5.11 Å². The molecule has 0 radical (unpaired) electrons. The lowest BCUT2D eigenvalue weighted by Crippen LogP contribution is -2.21. The second-order valence-corrected chi connectivity index (χ2v) is 3.99. The third-order valence-electron chi connectivity index (χ3n) is 2.71. The first kappa shape index (κ1) is 11.9. The highest BCUT2D eigenvalue weighted by atomic mass is 16.3. The van der Waals surface area contributed by atoms with Crippen molar-refractivity contribution in [2.45, 2.75) is 39.7 Å². The van der Waals surface area contributed by atoms with Crippen LogP contribution in [0.4, 0.5) is 0 Å². The van der Waals surface area contributed by atoms with Gasteiger partial charge in [-0.1, -0.05) is 25.1 Å². The van der Waals surface area contributed by atoms with Gasteiger partial charge in [0.15, 0.2) is 5.78 Å². The largest absolute Gasteiger partial charge is 0.385 e. The number of aliphatic hydroxyl groups excluding tert-OH is 1. The number of carbonyl (C=O) groups excluding carboxylic acids is 1. The third kappa shape index (κ3) is 3.17. The number of ketones is 1. The first-order chi connectivity index (χ1) is 7.04. The zero-order valence-electron chi connectivity index (χ0n) is 9.58. The summed E-state index contributed by atoms with van der Waals surface area (Å²) in [5.74, 6) is -0.0965. The van der Waals surface area contributed by atoms with Gasteiger partial charge in [-0.05, 0) is 37.0 Å². The molecular formula is C13H18O2. The van der Waals surface area contributed by atoms with Gasteiger partial charge >= 0.3 is 0 Å². The number of hydrogen-bond acceptors (Lipinski definition) is 2. The molecule has 82 valence electrons. The van der Waals surface area contributed by atoms with Gasteiger partial charge in [0.25, 0.3) is 0 Å². The maximum absolute atomic E-state index is 11.5. The van der Waals surface area contributed by atoms with Crippen molar-refractivity contribution in [3.8, 4) is 0 Å². The van der Waals surface area contributed by atoms with Gasteiger partial charge in [0.05, 0.1) is 0 Å². The van der Waals surface area contributed by atoms with E-state index in [-0.39, 0.29) is 5.78 Å². The zero-order valence-corrected chi connectivity index (χ0v) is 9.58. The second kappa shape index (κ2) is 5.08. The Hall–Kier alpha value is -1.15. The van der Waals surface area contributed by atoms with Gasteiger partial charge in [-0.15, -0.1) is 0 Å². The molecule has 0 fully saturated rings. The van der Waals surface area contributed by atoms with Gasteiger partial charge in [-0.2, -0.15) is 0 Å². The SMILES string of the molecule is CCC(O)C(=O)Cc1ccc(C)c(C)c1. The number of carbonyl (C=O) groups is 1. The van der Waals surface area contributed by atoms with Crippen LogP contribution in [0.15, 0.2) is 18.2 Å². The highest BCUT2D eigenvalue weighted by molar-refractivity contribution is 5.84. The van der Waals surface area contributed by atoms with Gasteiger partial charge in [0.2, 0.25) is 0 Å². The lowest BCUT2D eigenvalue weighted by atomic mass is 10.0. The van der Waals surface area contributed by atoms with Crippen molar-refractivity contribution in [3.05, 3.63) is 34.9 Å². The average molecular weight is 206 g/mol. The number of rotatable bonds is 4. The van der Waals surface area contributed by atoms with Crippen molar-refractivity contribution in [1.82, 2.24) is 0 Å². The van der Waals surface area contributed by atoms with Crippen molar-refractivity contribution >= 4 is 5.78 Å². The topological polar surface area (TPSA) is 37.3 Å². The average Bonchev–Trinajstić information content (AvgIpc) is 2.22. The highest BCUT2D eigenvalue weighted by Crippen LogP contribution is 2.11. The summed E-state index contributed by atoms with van der Waals surface area (Å²) in [6.45, 7) is 5.88. The molecule has 1 unspecified atom stereocenters. The Balaban J connectivity index is 2.73. The Kier molecular flexibility index (Phi) is 4.04. The minimum absolute atomic E-state index is 0.0965. The van der Waals surface area contributed by atoms with E-state index < -0.39 is 6.10 Å². The molecule has 1 aromatic rings. The van der Waals surface area contributed by atoms with Crippen molar-refractivity contribution in [2.75, 3.05) is 0 Å². The van der Waals surface area contributed by atoms with E-state index in [1.807, 2.05) is 39.0 Å². The molecule has 2 heteroatoms. The number of aliphatic hydroxyl groups is 1. The van der Waals surface area contributed by atoms with Crippen LogP contribution < -0.4 is 0 Å². The number of aryl methyl sites for hydroxylation is 2. The minimum atomic E-state index is -0.813. The Labute approximate surface area is 90.9 Å². The standard InChI is InChI=1S/C13H18O2/c1-4-12(14)13(15)8-11-6-5-9(2)10(3)7-11/h5-7,12,14H,4,8H2,1-3H3. The molecule has 0 saturated heterocycles. The molecule has 0 saturated carbocycles. The molecule has 0 aliphatic carbocycles. The molecule has 0 bridgehead atoms. The lowest BCUT2D eigenvalue weighted by Gasteiger charge is -2.08. The zero-order chi connectivity index (χ0) is 11.4. The fourth-order valence-corrected chi connectivity index (χ4v) is 1.46. The van der Waals surface area contributed by atoms with Gasteiger partial charge in [-0.25, -0.2) is 0 Å². The normalized spacial score (nSPS) is 12.5. The Morgan fingerprint density at radius 3 is 2.53 bits per heavy atom. The summed E-state index contributed by atoms with van der Waals surface area (Å²) in [4.78, 5) is 11.5. The molecule has 0 aromatic heterocycles. The first-order valence-electron chi connectivity index (χ1n) is 5.31. The Morgan fingerprint density at radius 1 is 1.33 bits per heavy atom. The third-order valence-corrected chi connectivity index (χ3v) is 2.71. The molecule has 2 nitrogen and oxygen atoms in total. The molecule has 0 aliphatic heterocycles. The lowest BCUT2D eigenvalue weighted by molar-refractivity contribution is -0.126. The van der Waals surface area contributed by atoms with E-state index in [1.165, 1.54) is 11.1 Å². The van der Waals surface area contributed by atoms with Gasteiger partial charge in [0, 0.05) is 6.42 Å². The molecular weight excluding hydrogens is 188 g/mol. The van der Waals surface area contributed by atoms with Crippen LogP contribution in [-0.4, -0.2) is 17.0 Å². The predicted molar refractivity (Wildman–Crippen MR) is 60.9 cm³/mol. The Bertz CT molecular complexity index is 356. The number of Topliss-reactive ketones (excluding diaryl/α,β-unsaturated/α-hetero) is 1. The van der Waals surface area contributed by atoms with E-state index in [4.69, 9.17) is 0 Å². The summed E-state index contributed by atoms with van der Waals surface area (Å²) in [5.41, 5.74) is 3.39. The molecule has 1 N–H and O–H groups in total. The predicted octanol–water partition coefficient (Wildman–Crippen LogP) is 2.19. The van der Waals surface area contributed by atoms with E-state index in [9.17, 15) is 9.90 Å². The first-order valence-corrected chi connectivity index (χ1v) is 5.31. The minimum Gasteiger partial charge on any atom is -0.385 e. The summed E-state index contributed by atoms with van der Waals surface area (Å²) in [5, 5.41) is 9.36. The van der Waals surface area contributed by atoms with Crippen LogP contribution >= 0.6 is 0 Å². The summed E-state index contributed by atoms with van der Waals surface area (Å²) >= 11 is 0. The van der Waals surface area contributed by atoms with Crippen molar-refractivity contribution in [3.63, 3.8) is 0 Å². The molecule has 0 aliphatic rings. The van der Waals surface area contributed by atoms with Crippen molar-refractivity contribution < 1.29 is 9.90 Å². The van der Waals surface area contributed by atoms with Crippen LogP contribution in [0.2, 0.25) is 0 Å². The van der Waals surface area contributed by atoms with Crippen molar-refractivity contribution in [2.24, 2.45) is 0 Å². The van der Waals surface area contributed by atoms with Crippen LogP contribution in [0, 0.1) is 13.8 Å². The van der Waals surface area contributed by atoms with Crippen LogP contribution in [-0.2, 0) is 11.2 Å². The number of benzene rings is 1. The van der Waals surface area contributed by atoms with Crippen LogP contribution in [0.1, 0.15) is 30.0 Å². The highest BCUT2D eigenvalue weighted by Gasteiger charge is 2.12. The number of hydrogen-bond donors (Lipinski definition) is 1. The van der Waals surface area contributed by atoms with Gasteiger partial charge in [-0.3, -0.25) is 4.79 Å². The maximum Gasteiger partial charge on any atom is 0.165 e. The quantitative estimate of drug-likeness (QED) is 0.820. The smallest absolute Gasteiger partial charge is 0.165 e. The van der Waals surface area contributed by atoms with E-state index in [0.29, 0.717) is 12.8 Å². The maximum atomic E-state index is 11.5. The molecule has 1 aromatic carbocycles.